The number of imidazole rings is 1. The molecule has 0 spiro atoms. The lowest BCUT2D eigenvalue weighted by Gasteiger charge is -2.14. The Morgan fingerprint density at radius 3 is 2.55 bits per heavy atom. The molecule has 5 nitrogen and oxygen atoms in total. The zero-order chi connectivity index (χ0) is 22.2. The lowest BCUT2D eigenvalue weighted by Crippen LogP contribution is -2.21. The van der Waals surface area contributed by atoms with Crippen LogP contribution in [-0.2, 0) is 0 Å². The van der Waals surface area contributed by atoms with E-state index in [0.717, 1.165) is 28.4 Å². The number of hydrogen-bond donors (Lipinski definition) is 1. The summed E-state index contributed by atoms with van der Waals surface area (Å²) < 4.78 is 43.9. The van der Waals surface area contributed by atoms with Gasteiger partial charge in [-0.3, -0.25) is 4.79 Å². The molecule has 2 heterocycles. The van der Waals surface area contributed by atoms with Gasteiger partial charge in [0.15, 0.2) is 0 Å². The molecule has 0 bridgehead atoms. The number of fused-ring (bicyclic) bond motifs is 1. The van der Waals surface area contributed by atoms with Gasteiger partial charge in [-0.25, -0.2) is 4.98 Å². The number of aromatic nitrogens is 2. The second-order valence-electron chi connectivity index (χ2n) is 7.08. The van der Waals surface area contributed by atoms with Crippen molar-refractivity contribution in [1.82, 2.24) is 9.38 Å². The predicted molar refractivity (Wildman–Crippen MR) is 111 cm³/mol. The molecule has 8 heteroatoms. The van der Waals surface area contributed by atoms with Crippen LogP contribution in [0.4, 0.5) is 18.9 Å². The summed E-state index contributed by atoms with van der Waals surface area (Å²) >= 11 is 0. The Hall–Kier alpha value is -3.81. The van der Waals surface area contributed by atoms with E-state index in [-0.39, 0.29) is 5.56 Å². The average molecular weight is 425 g/mol. The van der Waals surface area contributed by atoms with Gasteiger partial charge in [-0.05, 0) is 49.2 Å². The normalized spacial score (nSPS) is 11.5. The number of nitrogens with zero attached hydrogens (tertiary/aromatic N) is 2. The molecule has 0 unspecified atom stereocenters. The van der Waals surface area contributed by atoms with Gasteiger partial charge in [0.05, 0.1) is 11.3 Å². The van der Waals surface area contributed by atoms with Gasteiger partial charge >= 0.3 is 6.36 Å². The van der Waals surface area contributed by atoms with Gasteiger partial charge in [-0.15, -0.1) is 13.2 Å². The Kier molecular flexibility index (Phi) is 5.14. The third-order valence-corrected chi connectivity index (χ3v) is 4.82. The molecule has 0 aliphatic carbocycles. The molecule has 1 amide bonds. The largest absolute Gasteiger partial charge is 0.573 e. The number of para-hydroxylation sites is 1. The van der Waals surface area contributed by atoms with Crippen LogP contribution >= 0.6 is 0 Å². The lowest BCUT2D eigenvalue weighted by molar-refractivity contribution is -0.274. The third kappa shape index (κ3) is 4.37. The Morgan fingerprint density at radius 1 is 1.03 bits per heavy atom. The Bertz CT molecular complexity index is 1280. The molecule has 0 saturated carbocycles. The van der Waals surface area contributed by atoms with E-state index in [9.17, 15) is 18.0 Å². The molecule has 2 aromatic carbocycles. The first-order chi connectivity index (χ1) is 14.7. The van der Waals surface area contributed by atoms with Crippen LogP contribution in [-0.4, -0.2) is 21.7 Å². The molecule has 4 rings (SSSR count). The van der Waals surface area contributed by atoms with Gasteiger partial charge in [0.1, 0.15) is 11.4 Å². The maximum Gasteiger partial charge on any atom is 0.573 e. The third-order valence-electron chi connectivity index (χ3n) is 4.82. The number of amides is 1. The van der Waals surface area contributed by atoms with Crippen LogP contribution in [0.1, 0.15) is 21.5 Å². The molecule has 31 heavy (non-hydrogen) atoms. The van der Waals surface area contributed by atoms with Crippen LogP contribution in [0.5, 0.6) is 5.75 Å². The van der Waals surface area contributed by atoms with Crippen molar-refractivity contribution in [3.63, 3.8) is 0 Å². The van der Waals surface area contributed by atoms with Crippen LogP contribution in [0.2, 0.25) is 0 Å². The predicted octanol–water partition coefficient (Wildman–Crippen LogP) is 5.77. The standard InChI is InChI=1S/C23H18F3N3O2/c1-14-9-10-16(19-13-29-11-5-6-15(2)21(29)27-19)12-18(14)28-22(30)17-7-3-4-8-20(17)31-23(24,25)26/h3-13H,1-2H3,(H,28,30). The second kappa shape index (κ2) is 7.79. The minimum absolute atomic E-state index is 0.215. The smallest absolute Gasteiger partial charge is 0.405 e. The van der Waals surface area contributed by atoms with E-state index in [1.54, 1.807) is 13.0 Å². The SMILES string of the molecule is Cc1ccc(-c2cn3cccc(C)c3n2)cc1NC(=O)c1ccccc1OC(F)(F)F. The summed E-state index contributed by atoms with van der Waals surface area (Å²) in [7, 11) is 0. The summed E-state index contributed by atoms with van der Waals surface area (Å²) in [5, 5.41) is 2.69. The first-order valence-electron chi connectivity index (χ1n) is 9.43. The highest BCUT2D eigenvalue weighted by Crippen LogP contribution is 2.29. The summed E-state index contributed by atoms with van der Waals surface area (Å²) in [6.45, 7) is 3.76. The lowest BCUT2D eigenvalue weighted by atomic mass is 10.1. The van der Waals surface area contributed by atoms with Crippen LogP contribution in [0.15, 0.2) is 67.0 Å². The number of carbonyl (C=O) groups excluding carboxylic acids is 1. The fourth-order valence-corrected chi connectivity index (χ4v) is 3.27. The van der Waals surface area contributed by atoms with E-state index < -0.39 is 18.0 Å². The van der Waals surface area contributed by atoms with Gasteiger partial charge in [-0.2, -0.15) is 0 Å². The van der Waals surface area contributed by atoms with Crippen molar-refractivity contribution in [2.75, 3.05) is 5.32 Å². The maximum absolute atomic E-state index is 12.7. The quantitative estimate of drug-likeness (QED) is 0.452. The molecule has 4 aromatic rings. The molecule has 0 atom stereocenters. The highest BCUT2D eigenvalue weighted by molar-refractivity contribution is 6.06. The van der Waals surface area contributed by atoms with Crippen LogP contribution in [0.25, 0.3) is 16.9 Å². The van der Waals surface area contributed by atoms with Crippen molar-refractivity contribution >= 4 is 17.2 Å². The molecule has 0 saturated heterocycles. The molecule has 0 aliphatic rings. The number of hydrogen-bond acceptors (Lipinski definition) is 3. The number of aryl methyl sites for hydroxylation is 2. The number of halogens is 3. The molecule has 158 valence electrons. The number of anilines is 1. The number of carbonyl (C=O) groups is 1. The fourth-order valence-electron chi connectivity index (χ4n) is 3.27. The summed E-state index contributed by atoms with van der Waals surface area (Å²) in [6.07, 6.45) is -1.12. The van der Waals surface area contributed by atoms with Crippen molar-refractivity contribution in [2.45, 2.75) is 20.2 Å². The number of rotatable bonds is 4. The van der Waals surface area contributed by atoms with E-state index in [1.165, 1.54) is 18.2 Å². The number of benzene rings is 2. The second-order valence-corrected chi connectivity index (χ2v) is 7.08. The van der Waals surface area contributed by atoms with E-state index in [1.807, 2.05) is 48.0 Å². The molecule has 1 N–H and O–H groups in total. The monoisotopic (exact) mass is 425 g/mol. The zero-order valence-electron chi connectivity index (χ0n) is 16.7. The number of ether oxygens (including phenoxy) is 1. The van der Waals surface area contributed by atoms with E-state index in [0.29, 0.717) is 11.4 Å². The molecule has 2 aromatic heterocycles. The summed E-state index contributed by atoms with van der Waals surface area (Å²) in [5.41, 5.74) is 4.34. The van der Waals surface area contributed by atoms with Crippen molar-refractivity contribution in [1.29, 1.82) is 0 Å². The first kappa shape index (κ1) is 20.5. The number of pyridine rings is 1. The highest BCUT2D eigenvalue weighted by atomic mass is 19.4. The van der Waals surface area contributed by atoms with Gasteiger partial charge in [0, 0.05) is 23.6 Å². The molecular weight excluding hydrogens is 407 g/mol. The van der Waals surface area contributed by atoms with E-state index in [4.69, 9.17) is 0 Å². The topological polar surface area (TPSA) is 55.6 Å². The van der Waals surface area contributed by atoms with Crippen LogP contribution in [0, 0.1) is 13.8 Å². The maximum atomic E-state index is 12.7. The van der Waals surface area contributed by atoms with Crippen molar-refractivity contribution in [3.05, 3.63) is 83.7 Å². The van der Waals surface area contributed by atoms with E-state index in [2.05, 4.69) is 15.0 Å². The van der Waals surface area contributed by atoms with Gasteiger partial charge in [-0.1, -0.05) is 30.3 Å². The zero-order valence-corrected chi connectivity index (χ0v) is 16.7. The number of nitrogens with one attached hydrogen (secondary N) is 1. The Labute approximate surface area is 176 Å². The van der Waals surface area contributed by atoms with Crippen LogP contribution < -0.4 is 10.1 Å². The van der Waals surface area contributed by atoms with Crippen molar-refractivity contribution in [2.24, 2.45) is 0 Å². The Balaban J connectivity index is 1.65. The fraction of sp³-hybridized carbons (Fsp3) is 0.130. The highest BCUT2D eigenvalue weighted by Gasteiger charge is 2.32. The van der Waals surface area contributed by atoms with Gasteiger partial charge < -0.3 is 14.5 Å². The minimum atomic E-state index is -4.90. The van der Waals surface area contributed by atoms with Crippen molar-refractivity contribution < 1.29 is 22.7 Å². The molecular formula is C23H18F3N3O2. The molecule has 0 radical (unpaired) electrons. The summed E-state index contributed by atoms with van der Waals surface area (Å²) in [6, 6.07) is 14.6. The van der Waals surface area contributed by atoms with Crippen LogP contribution in [0.3, 0.4) is 0 Å². The molecule has 0 aliphatic heterocycles. The summed E-state index contributed by atoms with van der Waals surface area (Å²) in [5.74, 6) is -1.26. The molecule has 0 fully saturated rings. The van der Waals surface area contributed by atoms with Gasteiger partial charge in [0.25, 0.3) is 5.91 Å². The number of alkyl halides is 3. The van der Waals surface area contributed by atoms with Gasteiger partial charge in [0.2, 0.25) is 0 Å². The average Bonchev–Trinajstić information content (AvgIpc) is 3.14. The minimum Gasteiger partial charge on any atom is -0.405 e. The Morgan fingerprint density at radius 2 is 1.81 bits per heavy atom. The van der Waals surface area contributed by atoms with E-state index >= 15 is 0 Å². The summed E-state index contributed by atoms with van der Waals surface area (Å²) in [4.78, 5) is 17.4. The van der Waals surface area contributed by atoms with Crippen molar-refractivity contribution in [3.8, 4) is 17.0 Å². The first-order valence-corrected chi connectivity index (χ1v) is 9.43.